The van der Waals surface area contributed by atoms with E-state index in [1.54, 1.807) is 18.2 Å². The minimum Gasteiger partial charge on any atom is -0.491 e. The van der Waals surface area contributed by atoms with Crippen molar-refractivity contribution in [2.45, 2.75) is 64.0 Å². The molecule has 0 radical (unpaired) electrons. The molecule has 0 amide bonds. The Balaban J connectivity index is 2.02. The van der Waals surface area contributed by atoms with Crippen molar-refractivity contribution in [1.29, 1.82) is 0 Å². The Morgan fingerprint density at radius 1 is 1.29 bits per heavy atom. The Bertz CT molecular complexity index is 636. The third-order valence-corrected chi connectivity index (χ3v) is 5.79. The molecule has 1 heterocycles. The molecule has 1 aliphatic heterocycles. The summed E-state index contributed by atoms with van der Waals surface area (Å²) >= 11 is 0. The van der Waals surface area contributed by atoms with Gasteiger partial charge in [0, 0.05) is 6.04 Å². The number of nitrogens with zero attached hydrogens (tertiary/aromatic N) is 1. The zero-order valence-corrected chi connectivity index (χ0v) is 16.0. The van der Waals surface area contributed by atoms with Crippen LogP contribution in [0.15, 0.2) is 23.1 Å². The second kappa shape index (κ2) is 8.32. The van der Waals surface area contributed by atoms with Gasteiger partial charge in [-0.05, 0) is 83.4 Å². The molecular formula is C18H30N2O3S. The van der Waals surface area contributed by atoms with Gasteiger partial charge in [0.2, 0.25) is 10.0 Å². The largest absolute Gasteiger partial charge is 0.491 e. The normalized spacial score (nSPS) is 17.4. The number of hydrogen-bond acceptors (Lipinski definition) is 4. The van der Waals surface area contributed by atoms with Gasteiger partial charge in [0.1, 0.15) is 5.75 Å². The Kier molecular flexibility index (Phi) is 6.66. The highest BCUT2D eigenvalue weighted by atomic mass is 32.2. The van der Waals surface area contributed by atoms with Crippen LogP contribution in [0.25, 0.3) is 0 Å². The number of aryl methyl sites for hydroxylation is 1. The van der Waals surface area contributed by atoms with Crippen LogP contribution < -0.4 is 9.46 Å². The second-order valence-electron chi connectivity index (χ2n) is 6.83. The van der Waals surface area contributed by atoms with Crippen LogP contribution in [0.3, 0.4) is 0 Å². The molecule has 0 aromatic heterocycles. The van der Waals surface area contributed by atoms with Crippen LogP contribution in [0.4, 0.5) is 0 Å². The monoisotopic (exact) mass is 354 g/mol. The fraction of sp³-hybridized carbons (Fsp3) is 0.667. The van der Waals surface area contributed by atoms with E-state index in [9.17, 15) is 8.42 Å². The highest BCUT2D eigenvalue weighted by Gasteiger charge is 2.24. The predicted octanol–water partition coefficient (Wildman–Crippen LogP) is 2.93. The summed E-state index contributed by atoms with van der Waals surface area (Å²) in [5.74, 6) is 0.733. The zero-order chi connectivity index (χ0) is 17.7. The molecule has 2 rings (SSSR count). The molecule has 24 heavy (non-hydrogen) atoms. The van der Waals surface area contributed by atoms with Gasteiger partial charge in [-0.1, -0.05) is 6.92 Å². The van der Waals surface area contributed by atoms with Gasteiger partial charge in [-0.3, -0.25) is 0 Å². The number of likely N-dealkylation sites (tertiary alicyclic amines) is 1. The summed E-state index contributed by atoms with van der Waals surface area (Å²) in [7, 11) is -3.48. The topological polar surface area (TPSA) is 58.6 Å². The number of benzene rings is 1. The number of sulfonamides is 1. The molecule has 6 heteroatoms. The maximum absolute atomic E-state index is 12.6. The first-order chi connectivity index (χ1) is 11.3. The molecule has 0 bridgehead atoms. The van der Waals surface area contributed by atoms with Gasteiger partial charge >= 0.3 is 0 Å². The number of ether oxygens (including phenoxy) is 1. The van der Waals surface area contributed by atoms with Crippen LogP contribution in [-0.4, -0.2) is 45.1 Å². The minimum absolute atomic E-state index is 0.0232. The summed E-state index contributed by atoms with van der Waals surface area (Å²) in [6, 6.07) is 5.08. The number of nitrogens with one attached hydrogen (secondary N) is 1. The van der Waals surface area contributed by atoms with Gasteiger partial charge in [-0.15, -0.1) is 0 Å². The molecule has 1 aromatic carbocycles. The number of piperidine rings is 1. The van der Waals surface area contributed by atoms with E-state index in [1.165, 1.54) is 0 Å². The van der Waals surface area contributed by atoms with Crippen LogP contribution in [-0.2, 0) is 10.0 Å². The van der Waals surface area contributed by atoms with Crippen molar-refractivity contribution < 1.29 is 13.2 Å². The fourth-order valence-electron chi connectivity index (χ4n) is 3.05. The molecule has 1 aromatic rings. The first-order valence-electron chi connectivity index (χ1n) is 8.84. The first-order valence-corrected chi connectivity index (χ1v) is 10.3. The molecule has 0 unspecified atom stereocenters. The molecule has 136 valence electrons. The SMILES string of the molecule is CCCN1CCC(NS(=O)(=O)c2ccc(OC(C)C)c(C)c2)CC1. The standard InChI is InChI=1S/C18H30N2O3S/c1-5-10-20-11-8-16(9-12-20)19-24(21,22)17-6-7-18(15(4)13-17)23-14(2)3/h6-7,13-14,16,19H,5,8-12H2,1-4H3. The van der Waals surface area contributed by atoms with Gasteiger partial charge in [-0.25, -0.2) is 13.1 Å². The van der Waals surface area contributed by atoms with E-state index in [2.05, 4.69) is 16.5 Å². The molecule has 1 N–H and O–H groups in total. The third-order valence-electron chi connectivity index (χ3n) is 4.27. The van der Waals surface area contributed by atoms with E-state index in [0.29, 0.717) is 4.90 Å². The van der Waals surface area contributed by atoms with E-state index < -0.39 is 10.0 Å². The third kappa shape index (κ3) is 5.19. The van der Waals surface area contributed by atoms with Gasteiger partial charge in [0.25, 0.3) is 0 Å². The quantitative estimate of drug-likeness (QED) is 0.818. The Labute approximate surface area is 146 Å². The molecule has 1 saturated heterocycles. The molecule has 0 saturated carbocycles. The second-order valence-corrected chi connectivity index (χ2v) is 8.55. The Hall–Kier alpha value is -1.11. The summed E-state index contributed by atoms with van der Waals surface area (Å²) in [5.41, 5.74) is 0.837. The smallest absolute Gasteiger partial charge is 0.240 e. The van der Waals surface area contributed by atoms with Crippen molar-refractivity contribution in [2.75, 3.05) is 19.6 Å². The lowest BCUT2D eigenvalue weighted by Crippen LogP contribution is -2.44. The van der Waals surface area contributed by atoms with Gasteiger partial charge < -0.3 is 9.64 Å². The lowest BCUT2D eigenvalue weighted by Gasteiger charge is -2.31. The molecule has 0 spiro atoms. The average molecular weight is 355 g/mol. The lowest BCUT2D eigenvalue weighted by atomic mass is 10.1. The molecule has 1 aliphatic rings. The van der Waals surface area contributed by atoms with E-state index in [1.807, 2.05) is 20.8 Å². The van der Waals surface area contributed by atoms with Crippen molar-refractivity contribution >= 4 is 10.0 Å². The highest BCUT2D eigenvalue weighted by Crippen LogP contribution is 2.23. The molecular weight excluding hydrogens is 324 g/mol. The van der Waals surface area contributed by atoms with Crippen molar-refractivity contribution in [3.8, 4) is 5.75 Å². The van der Waals surface area contributed by atoms with Crippen molar-refractivity contribution in [3.05, 3.63) is 23.8 Å². The predicted molar refractivity (Wildman–Crippen MR) is 97.0 cm³/mol. The maximum atomic E-state index is 12.6. The van der Waals surface area contributed by atoms with Crippen molar-refractivity contribution in [1.82, 2.24) is 9.62 Å². The maximum Gasteiger partial charge on any atom is 0.240 e. The number of rotatable bonds is 7. The minimum atomic E-state index is -3.48. The summed E-state index contributed by atoms with van der Waals surface area (Å²) in [5, 5.41) is 0. The van der Waals surface area contributed by atoms with E-state index in [4.69, 9.17) is 4.74 Å². The fourth-order valence-corrected chi connectivity index (χ4v) is 4.44. The highest BCUT2D eigenvalue weighted by molar-refractivity contribution is 7.89. The van der Waals surface area contributed by atoms with E-state index in [-0.39, 0.29) is 12.1 Å². The van der Waals surface area contributed by atoms with E-state index in [0.717, 1.165) is 50.2 Å². The number of hydrogen-bond donors (Lipinski definition) is 1. The van der Waals surface area contributed by atoms with Crippen LogP contribution in [0.2, 0.25) is 0 Å². The zero-order valence-electron chi connectivity index (χ0n) is 15.2. The summed E-state index contributed by atoms with van der Waals surface area (Å²) in [6.45, 7) is 11.0. The summed E-state index contributed by atoms with van der Waals surface area (Å²) < 4.78 is 33.8. The Morgan fingerprint density at radius 2 is 1.96 bits per heavy atom. The van der Waals surface area contributed by atoms with Crippen LogP contribution >= 0.6 is 0 Å². The van der Waals surface area contributed by atoms with Gasteiger partial charge in [-0.2, -0.15) is 0 Å². The molecule has 0 atom stereocenters. The van der Waals surface area contributed by atoms with Crippen LogP contribution in [0.1, 0.15) is 45.6 Å². The lowest BCUT2D eigenvalue weighted by molar-refractivity contribution is 0.208. The average Bonchev–Trinajstić information content (AvgIpc) is 2.51. The van der Waals surface area contributed by atoms with Gasteiger partial charge in [0.15, 0.2) is 0 Å². The summed E-state index contributed by atoms with van der Waals surface area (Å²) in [4.78, 5) is 2.71. The molecule has 0 aliphatic carbocycles. The van der Waals surface area contributed by atoms with Crippen molar-refractivity contribution in [2.24, 2.45) is 0 Å². The summed E-state index contributed by atoms with van der Waals surface area (Å²) in [6.07, 6.45) is 2.94. The van der Waals surface area contributed by atoms with Crippen LogP contribution in [0.5, 0.6) is 5.75 Å². The van der Waals surface area contributed by atoms with E-state index >= 15 is 0 Å². The Morgan fingerprint density at radius 3 is 2.50 bits per heavy atom. The first kappa shape index (κ1) is 19.2. The molecule has 1 fully saturated rings. The van der Waals surface area contributed by atoms with Gasteiger partial charge in [0.05, 0.1) is 11.0 Å². The molecule has 5 nitrogen and oxygen atoms in total. The van der Waals surface area contributed by atoms with Crippen molar-refractivity contribution in [3.63, 3.8) is 0 Å². The van der Waals surface area contributed by atoms with Crippen LogP contribution in [0, 0.1) is 6.92 Å².